The third-order valence-corrected chi connectivity index (χ3v) is 3.17. The largest absolute Gasteiger partial charge is 0.381 e. The van der Waals surface area contributed by atoms with Crippen molar-refractivity contribution in [2.75, 3.05) is 7.11 Å². The SMILES string of the molecule is CCCCC[C@@H](Br)[C@H](C)OC. The molecule has 2 heteroatoms. The standard InChI is InChI=1S/C9H19BrO/c1-4-5-6-7-9(10)8(2)11-3/h8-9H,4-7H2,1-3H3/t8-,9+/m0/s1. The van der Waals surface area contributed by atoms with Crippen LogP contribution < -0.4 is 0 Å². The summed E-state index contributed by atoms with van der Waals surface area (Å²) < 4.78 is 5.20. The highest BCUT2D eigenvalue weighted by molar-refractivity contribution is 9.09. The highest BCUT2D eigenvalue weighted by atomic mass is 79.9. The average Bonchev–Trinajstić information content (AvgIpc) is 2.03. The lowest BCUT2D eigenvalue weighted by atomic mass is 10.1. The van der Waals surface area contributed by atoms with Gasteiger partial charge in [0.15, 0.2) is 0 Å². The van der Waals surface area contributed by atoms with Gasteiger partial charge in [-0.15, -0.1) is 0 Å². The molecule has 2 atom stereocenters. The van der Waals surface area contributed by atoms with Crippen LogP contribution >= 0.6 is 15.9 Å². The third kappa shape index (κ3) is 5.68. The van der Waals surface area contributed by atoms with Gasteiger partial charge in [-0.3, -0.25) is 0 Å². The maximum atomic E-state index is 5.20. The molecule has 0 N–H and O–H groups in total. The van der Waals surface area contributed by atoms with E-state index >= 15 is 0 Å². The van der Waals surface area contributed by atoms with Crippen LogP contribution in [0.1, 0.15) is 39.5 Å². The Morgan fingerprint density at radius 3 is 2.45 bits per heavy atom. The molecule has 0 unspecified atom stereocenters. The van der Waals surface area contributed by atoms with Crippen molar-refractivity contribution < 1.29 is 4.74 Å². The zero-order chi connectivity index (χ0) is 8.69. The van der Waals surface area contributed by atoms with Crippen molar-refractivity contribution in [1.82, 2.24) is 0 Å². The molecule has 0 bridgehead atoms. The normalized spacial score (nSPS) is 16.4. The summed E-state index contributed by atoms with van der Waals surface area (Å²) in [6.45, 7) is 4.33. The van der Waals surface area contributed by atoms with Crippen LogP contribution in [0.3, 0.4) is 0 Å². The van der Waals surface area contributed by atoms with Gasteiger partial charge in [-0.2, -0.15) is 0 Å². The van der Waals surface area contributed by atoms with Gasteiger partial charge in [-0.05, 0) is 13.3 Å². The lowest BCUT2D eigenvalue weighted by Crippen LogP contribution is -2.18. The predicted molar refractivity (Wildman–Crippen MR) is 53.3 cm³/mol. The number of hydrogen-bond donors (Lipinski definition) is 0. The van der Waals surface area contributed by atoms with Crippen LogP contribution in [0.5, 0.6) is 0 Å². The van der Waals surface area contributed by atoms with E-state index in [9.17, 15) is 0 Å². The van der Waals surface area contributed by atoms with Crippen molar-refractivity contribution in [2.24, 2.45) is 0 Å². The Labute approximate surface area is 78.6 Å². The van der Waals surface area contributed by atoms with Crippen LogP contribution in [0.2, 0.25) is 0 Å². The summed E-state index contributed by atoms with van der Waals surface area (Å²) in [5, 5.41) is 0. The first kappa shape index (κ1) is 11.4. The minimum atomic E-state index is 0.340. The lowest BCUT2D eigenvalue weighted by Gasteiger charge is -2.15. The predicted octanol–water partition coefficient (Wildman–Crippen LogP) is 3.37. The molecular weight excluding hydrogens is 204 g/mol. The zero-order valence-electron chi connectivity index (χ0n) is 7.77. The number of halogens is 1. The van der Waals surface area contributed by atoms with E-state index in [1.807, 2.05) is 0 Å². The molecule has 0 aromatic heterocycles. The number of methoxy groups -OCH3 is 1. The van der Waals surface area contributed by atoms with E-state index in [4.69, 9.17) is 4.74 Å². The van der Waals surface area contributed by atoms with Crippen LogP contribution in [0.25, 0.3) is 0 Å². The second kappa shape index (κ2) is 7.11. The van der Waals surface area contributed by atoms with Crippen molar-refractivity contribution >= 4 is 15.9 Å². The topological polar surface area (TPSA) is 9.23 Å². The number of unbranched alkanes of at least 4 members (excludes halogenated alkanes) is 2. The zero-order valence-corrected chi connectivity index (χ0v) is 9.36. The lowest BCUT2D eigenvalue weighted by molar-refractivity contribution is 0.115. The van der Waals surface area contributed by atoms with Crippen molar-refractivity contribution in [2.45, 2.75) is 50.5 Å². The Kier molecular flexibility index (Phi) is 7.39. The minimum Gasteiger partial charge on any atom is -0.381 e. The number of ether oxygens (including phenoxy) is 1. The maximum Gasteiger partial charge on any atom is 0.0668 e. The van der Waals surface area contributed by atoms with Gasteiger partial charge in [0, 0.05) is 11.9 Å². The van der Waals surface area contributed by atoms with E-state index in [1.165, 1.54) is 25.7 Å². The van der Waals surface area contributed by atoms with E-state index in [-0.39, 0.29) is 0 Å². The van der Waals surface area contributed by atoms with Gasteiger partial charge in [0.05, 0.1) is 6.10 Å². The van der Waals surface area contributed by atoms with E-state index in [2.05, 4.69) is 29.8 Å². The summed E-state index contributed by atoms with van der Waals surface area (Å²) in [6.07, 6.45) is 5.50. The summed E-state index contributed by atoms with van der Waals surface area (Å²) >= 11 is 3.61. The van der Waals surface area contributed by atoms with Crippen LogP contribution in [-0.2, 0) is 4.74 Å². The second-order valence-corrected chi connectivity index (χ2v) is 4.13. The monoisotopic (exact) mass is 222 g/mol. The average molecular weight is 223 g/mol. The van der Waals surface area contributed by atoms with Gasteiger partial charge < -0.3 is 4.74 Å². The fourth-order valence-corrected chi connectivity index (χ4v) is 1.51. The first-order valence-electron chi connectivity index (χ1n) is 4.39. The van der Waals surface area contributed by atoms with E-state index < -0.39 is 0 Å². The van der Waals surface area contributed by atoms with E-state index in [0.29, 0.717) is 10.9 Å². The summed E-state index contributed by atoms with van der Waals surface area (Å²) in [5.74, 6) is 0. The molecule has 68 valence electrons. The molecular formula is C9H19BrO. The van der Waals surface area contributed by atoms with Crippen LogP contribution in [0, 0.1) is 0 Å². The van der Waals surface area contributed by atoms with Crippen LogP contribution in [0.15, 0.2) is 0 Å². The molecule has 0 amide bonds. The molecule has 11 heavy (non-hydrogen) atoms. The molecule has 0 saturated heterocycles. The molecule has 0 aromatic rings. The molecule has 0 aliphatic heterocycles. The first-order chi connectivity index (χ1) is 5.22. The van der Waals surface area contributed by atoms with E-state index in [1.54, 1.807) is 7.11 Å². The summed E-state index contributed by atoms with van der Waals surface area (Å²) in [7, 11) is 1.76. The molecule has 0 aliphatic carbocycles. The summed E-state index contributed by atoms with van der Waals surface area (Å²) in [4.78, 5) is 0.527. The highest BCUT2D eigenvalue weighted by Crippen LogP contribution is 2.16. The van der Waals surface area contributed by atoms with Gasteiger partial charge in [0.2, 0.25) is 0 Å². The van der Waals surface area contributed by atoms with Gasteiger partial charge in [0.1, 0.15) is 0 Å². The smallest absolute Gasteiger partial charge is 0.0668 e. The van der Waals surface area contributed by atoms with Gasteiger partial charge in [-0.25, -0.2) is 0 Å². The van der Waals surface area contributed by atoms with Crippen molar-refractivity contribution in [3.8, 4) is 0 Å². The quantitative estimate of drug-likeness (QED) is 0.495. The number of hydrogen-bond acceptors (Lipinski definition) is 1. The molecule has 1 nitrogen and oxygen atoms in total. The Bertz CT molecular complexity index is 85.6. The number of alkyl halides is 1. The van der Waals surface area contributed by atoms with Crippen molar-refractivity contribution in [3.63, 3.8) is 0 Å². The Morgan fingerprint density at radius 2 is 2.00 bits per heavy atom. The second-order valence-electron chi connectivity index (χ2n) is 2.95. The fourth-order valence-electron chi connectivity index (χ4n) is 0.972. The highest BCUT2D eigenvalue weighted by Gasteiger charge is 2.11. The molecule has 0 heterocycles. The fraction of sp³-hybridized carbons (Fsp3) is 1.00. The van der Waals surface area contributed by atoms with Gasteiger partial charge in [0.25, 0.3) is 0 Å². The van der Waals surface area contributed by atoms with Crippen LogP contribution in [-0.4, -0.2) is 18.0 Å². The molecule has 0 saturated carbocycles. The van der Waals surface area contributed by atoms with E-state index in [0.717, 1.165) is 0 Å². The van der Waals surface area contributed by atoms with Crippen molar-refractivity contribution in [1.29, 1.82) is 0 Å². The Morgan fingerprint density at radius 1 is 1.36 bits per heavy atom. The molecule has 0 rings (SSSR count). The summed E-state index contributed by atoms with van der Waals surface area (Å²) in [6, 6.07) is 0. The first-order valence-corrected chi connectivity index (χ1v) is 5.30. The molecule has 0 fully saturated rings. The maximum absolute atomic E-state index is 5.20. The minimum absolute atomic E-state index is 0.340. The molecule has 0 aromatic carbocycles. The van der Waals surface area contributed by atoms with Crippen molar-refractivity contribution in [3.05, 3.63) is 0 Å². The Hall–Kier alpha value is 0.440. The Balaban J connectivity index is 3.28. The molecule has 0 radical (unpaired) electrons. The van der Waals surface area contributed by atoms with Crippen LogP contribution in [0.4, 0.5) is 0 Å². The molecule has 0 aliphatic rings. The molecule has 0 spiro atoms. The van der Waals surface area contributed by atoms with Gasteiger partial charge in [-0.1, -0.05) is 42.1 Å². The third-order valence-electron chi connectivity index (χ3n) is 1.96. The number of rotatable bonds is 6. The summed E-state index contributed by atoms with van der Waals surface area (Å²) in [5.41, 5.74) is 0. The van der Waals surface area contributed by atoms with Gasteiger partial charge >= 0.3 is 0 Å².